The van der Waals surface area contributed by atoms with Crippen LogP contribution >= 0.6 is 0 Å². The lowest BCUT2D eigenvalue weighted by Crippen LogP contribution is -2.41. The number of amides is 1. The van der Waals surface area contributed by atoms with E-state index < -0.39 is 0 Å². The van der Waals surface area contributed by atoms with Crippen molar-refractivity contribution in [3.8, 4) is 11.4 Å². The summed E-state index contributed by atoms with van der Waals surface area (Å²) in [6, 6.07) is 7.73. The molecule has 1 aliphatic heterocycles. The summed E-state index contributed by atoms with van der Waals surface area (Å²) in [6.07, 6.45) is 4.88. The Balaban J connectivity index is 1.71. The van der Waals surface area contributed by atoms with E-state index in [1.165, 1.54) is 6.20 Å². The van der Waals surface area contributed by atoms with Crippen molar-refractivity contribution >= 4 is 11.4 Å². The Morgan fingerprint density at radius 1 is 1.13 bits per heavy atom. The van der Waals surface area contributed by atoms with Gasteiger partial charge in [-0.25, -0.2) is 9.50 Å². The standard InChI is InChI=1S/C16H15N5O2/c22-16(20-6-8-23-9-7-20)14-11-17-10-13(19-14)15-3-1-2-12-4-5-18-21(12)15/h1-5,10-11H,6-9H2. The van der Waals surface area contributed by atoms with Crippen molar-refractivity contribution in [1.29, 1.82) is 0 Å². The second-order valence-corrected chi connectivity index (χ2v) is 5.27. The van der Waals surface area contributed by atoms with Crippen molar-refractivity contribution in [2.24, 2.45) is 0 Å². The van der Waals surface area contributed by atoms with Crippen molar-refractivity contribution in [3.05, 3.63) is 48.5 Å². The first-order valence-electron chi connectivity index (χ1n) is 7.45. The maximum Gasteiger partial charge on any atom is 0.274 e. The van der Waals surface area contributed by atoms with Crippen LogP contribution in [0.2, 0.25) is 0 Å². The molecule has 4 rings (SSSR count). The summed E-state index contributed by atoms with van der Waals surface area (Å²) in [5.74, 6) is -0.115. The van der Waals surface area contributed by atoms with E-state index in [1.807, 2.05) is 24.3 Å². The van der Waals surface area contributed by atoms with Crippen LogP contribution in [0.3, 0.4) is 0 Å². The highest BCUT2D eigenvalue weighted by atomic mass is 16.5. The van der Waals surface area contributed by atoms with Crippen LogP contribution in [0.1, 0.15) is 10.5 Å². The van der Waals surface area contributed by atoms with Crippen molar-refractivity contribution in [1.82, 2.24) is 24.5 Å². The van der Waals surface area contributed by atoms with Gasteiger partial charge in [-0.1, -0.05) is 6.07 Å². The second-order valence-electron chi connectivity index (χ2n) is 5.27. The van der Waals surface area contributed by atoms with Crippen LogP contribution < -0.4 is 0 Å². The van der Waals surface area contributed by atoms with Gasteiger partial charge in [0, 0.05) is 13.1 Å². The summed E-state index contributed by atoms with van der Waals surface area (Å²) < 4.78 is 7.06. The molecule has 0 bridgehead atoms. The predicted octanol–water partition coefficient (Wildman–Crippen LogP) is 1.26. The van der Waals surface area contributed by atoms with Gasteiger partial charge in [-0.3, -0.25) is 9.78 Å². The molecule has 0 atom stereocenters. The number of nitrogens with zero attached hydrogens (tertiary/aromatic N) is 5. The fourth-order valence-corrected chi connectivity index (χ4v) is 2.66. The normalized spacial score (nSPS) is 15.0. The second kappa shape index (κ2) is 5.77. The summed E-state index contributed by atoms with van der Waals surface area (Å²) in [6.45, 7) is 2.29. The first-order chi connectivity index (χ1) is 11.3. The van der Waals surface area contributed by atoms with Gasteiger partial charge in [0.2, 0.25) is 0 Å². The Kier molecular flexibility index (Phi) is 3.47. The van der Waals surface area contributed by atoms with Crippen LogP contribution in [0.15, 0.2) is 42.9 Å². The molecule has 0 N–H and O–H groups in total. The Morgan fingerprint density at radius 2 is 2.00 bits per heavy atom. The molecule has 23 heavy (non-hydrogen) atoms. The van der Waals surface area contributed by atoms with Gasteiger partial charge in [-0.15, -0.1) is 0 Å². The van der Waals surface area contributed by atoms with Crippen molar-refractivity contribution in [2.45, 2.75) is 0 Å². The Hall–Kier alpha value is -2.80. The zero-order valence-electron chi connectivity index (χ0n) is 12.4. The molecule has 116 valence electrons. The third kappa shape index (κ3) is 2.55. The number of pyridine rings is 1. The average Bonchev–Trinajstić information content (AvgIpc) is 3.10. The Labute approximate surface area is 132 Å². The molecule has 1 fully saturated rings. The lowest BCUT2D eigenvalue weighted by molar-refractivity contribution is 0.0299. The number of hydrogen-bond acceptors (Lipinski definition) is 5. The van der Waals surface area contributed by atoms with Gasteiger partial charge in [-0.05, 0) is 18.2 Å². The van der Waals surface area contributed by atoms with E-state index in [0.29, 0.717) is 37.7 Å². The van der Waals surface area contributed by atoms with Crippen LogP contribution in [0, 0.1) is 0 Å². The van der Waals surface area contributed by atoms with Gasteiger partial charge in [0.15, 0.2) is 0 Å². The zero-order valence-corrected chi connectivity index (χ0v) is 12.4. The number of fused-ring (bicyclic) bond motifs is 1. The lowest BCUT2D eigenvalue weighted by Gasteiger charge is -2.26. The van der Waals surface area contributed by atoms with E-state index in [0.717, 1.165) is 11.2 Å². The summed E-state index contributed by atoms with van der Waals surface area (Å²) in [4.78, 5) is 23.0. The number of rotatable bonds is 2. The van der Waals surface area contributed by atoms with E-state index in [4.69, 9.17) is 4.74 Å². The minimum absolute atomic E-state index is 0.115. The molecule has 1 aliphatic rings. The van der Waals surface area contributed by atoms with Crippen LogP contribution in [0.4, 0.5) is 0 Å². The molecular weight excluding hydrogens is 294 g/mol. The molecule has 0 spiro atoms. The summed E-state index contributed by atoms with van der Waals surface area (Å²) in [7, 11) is 0. The van der Waals surface area contributed by atoms with Crippen molar-refractivity contribution in [3.63, 3.8) is 0 Å². The number of morpholine rings is 1. The highest BCUT2D eigenvalue weighted by Crippen LogP contribution is 2.18. The van der Waals surface area contributed by atoms with Crippen molar-refractivity contribution in [2.75, 3.05) is 26.3 Å². The van der Waals surface area contributed by atoms with Gasteiger partial charge in [-0.2, -0.15) is 5.10 Å². The van der Waals surface area contributed by atoms with Crippen molar-refractivity contribution < 1.29 is 9.53 Å². The van der Waals surface area contributed by atoms with Gasteiger partial charge in [0.05, 0.1) is 43.0 Å². The third-order valence-corrected chi connectivity index (χ3v) is 3.84. The van der Waals surface area contributed by atoms with E-state index in [-0.39, 0.29) is 5.91 Å². The number of ether oxygens (including phenoxy) is 1. The maximum atomic E-state index is 12.5. The minimum atomic E-state index is -0.115. The molecule has 0 radical (unpaired) electrons. The topological polar surface area (TPSA) is 72.6 Å². The molecule has 1 amide bonds. The van der Waals surface area contributed by atoms with E-state index >= 15 is 0 Å². The van der Waals surface area contributed by atoms with Gasteiger partial charge < -0.3 is 9.64 Å². The first-order valence-corrected chi connectivity index (χ1v) is 7.45. The average molecular weight is 309 g/mol. The van der Waals surface area contributed by atoms with Gasteiger partial charge in [0.25, 0.3) is 5.91 Å². The SMILES string of the molecule is O=C(c1cncc(-c2cccc3ccnn23)n1)N1CCOCC1. The Morgan fingerprint density at radius 3 is 2.87 bits per heavy atom. The fourth-order valence-electron chi connectivity index (χ4n) is 2.66. The largest absolute Gasteiger partial charge is 0.378 e. The smallest absolute Gasteiger partial charge is 0.274 e. The minimum Gasteiger partial charge on any atom is -0.378 e. The zero-order chi connectivity index (χ0) is 15.6. The molecule has 0 unspecified atom stereocenters. The highest BCUT2D eigenvalue weighted by molar-refractivity contribution is 5.92. The number of carbonyl (C=O) groups is 1. The third-order valence-electron chi connectivity index (χ3n) is 3.84. The van der Waals surface area contributed by atoms with Crippen LogP contribution in [0.5, 0.6) is 0 Å². The summed E-state index contributed by atoms with van der Waals surface area (Å²) >= 11 is 0. The monoisotopic (exact) mass is 309 g/mol. The molecule has 7 nitrogen and oxygen atoms in total. The number of aromatic nitrogens is 4. The molecule has 0 aliphatic carbocycles. The summed E-state index contributed by atoms with van der Waals surface area (Å²) in [5, 5.41) is 4.30. The molecule has 3 aromatic rings. The van der Waals surface area contributed by atoms with E-state index in [2.05, 4.69) is 15.1 Å². The number of carbonyl (C=O) groups excluding carboxylic acids is 1. The van der Waals surface area contributed by atoms with E-state index in [1.54, 1.807) is 21.8 Å². The quantitative estimate of drug-likeness (QED) is 0.712. The van der Waals surface area contributed by atoms with E-state index in [9.17, 15) is 4.79 Å². The highest BCUT2D eigenvalue weighted by Gasteiger charge is 2.20. The Bertz CT molecular complexity index is 854. The molecular formula is C16H15N5O2. The summed E-state index contributed by atoms with van der Waals surface area (Å²) in [5.41, 5.74) is 2.73. The maximum absolute atomic E-state index is 12.5. The molecule has 1 saturated heterocycles. The fraction of sp³-hybridized carbons (Fsp3) is 0.250. The lowest BCUT2D eigenvalue weighted by atomic mass is 10.2. The number of hydrogen-bond donors (Lipinski definition) is 0. The molecule has 7 heteroatoms. The van der Waals surface area contributed by atoms with Crippen LogP contribution in [-0.4, -0.2) is 56.7 Å². The molecule has 4 heterocycles. The molecule has 0 saturated carbocycles. The van der Waals surface area contributed by atoms with Gasteiger partial charge in [0.1, 0.15) is 11.4 Å². The first kappa shape index (κ1) is 13.8. The predicted molar refractivity (Wildman–Crippen MR) is 82.9 cm³/mol. The molecule has 0 aromatic carbocycles. The van der Waals surface area contributed by atoms with Crippen LogP contribution in [0.25, 0.3) is 16.9 Å². The molecule has 3 aromatic heterocycles. The van der Waals surface area contributed by atoms with Crippen LogP contribution in [-0.2, 0) is 4.74 Å². The van der Waals surface area contributed by atoms with Gasteiger partial charge >= 0.3 is 0 Å².